The monoisotopic (exact) mass is 358 g/mol. The highest BCUT2D eigenvalue weighted by Gasteiger charge is 2.66. The number of ketones is 1. The van der Waals surface area contributed by atoms with E-state index in [1.807, 2.05) is 0 Å². The zero-order valence-corrected chi connectivity index (χ0v) is 15.4. The fourth-order valence-electron chi connectivity index (χ4n) is 5.85. The highest BCUT2D eigenvalue weighted by Crippen LogP contribution is 2.63. The number of carbonyl (C=O) groups is 2. The zero-order chi connectivity index (χ0) is 18.7. The van der Waals surface area contributed by atoms with Crippen LogP contribution in [-0.2, 0) is 9.53 Å². The molecule has 0 unspecified atom stereocenters. The van der Waals surface area contributed by atoms with E-state index in [4.69, 9.17) is 4.74 Å². The van der Waals surface area contributed by atoms with Gasteiger partial charge in [-0.15, -0.1) is 0 Å². The SMILES string of the molecule is CC1(C)CCC[C@]23C[C@](CC(=O)c4cc(O)ccc4O)(CC[C@@H]12)C(=O)O3. The van der Waals surface area contributed by atoms with Gasteiger partial charge in [0.2, 0.25) is 0 Å². The molecule has 2 bridgehead atoms. The van der Waals surface area contributed by atoms with Crippen LogP contribution >= 0.6 is 0 Å². The Morgan fingerprint density at radius 3 is 2.77 bits per heavy atom. The van der Waals surface area contributed by atoms with Crippen molar-refractivity contribution in [2.75, 3.05) is 0 Å². The number of phenols is 2. The van der Waals surface area contributed by atoms with Crippen molar-refractivity contribution >= 4 is 11.8 Å². The highest BCUT2D eigenvalue weighted by atomic mass is 16.6. The Balaban J connectivity index is 1.63. The van der Waals surface area contributed by atoms with Gasteiger partial charge in [0.1, 0.15) is 17.1 Å². The topological polar surface area (TPSA) is 83.8 Å². The molecule has 140 valence electrons. The van der Waals surface area contributed by atoms with Crippen molar-refractivity contribution in [3.8, 4) is 11.5 Å². The van der Waals surface area contributed by atoms with Crippen molar-refractivity contribution in [1.29, 1.82) is 0 Å². The molecule has 1 heterocycles. The molecule has 3 atom stereocenters. The van der Waals surface area contributed by atoms with Gasteiger partial charge in [-0.25, -0.2) is 0 Å². The van der Waals surface area contributed by atoms with E-state index >= 15 is 0 Å². The van der Waals surface area contributed by atoms with Crippen molar-refractivity contribution in [2.45, 2.75) is 64.4 Å². The maximum atomic E-state index is 12.9. The smallest absolute Gasteiger partial charge is 0.313 e. The molecule has 5 heteroatoms. The van der Waals surface area contributed by atoms with E-state index in [1.54, 1.807) is 0 Å². The Kier molecular flexibility index (Phi) is 3.66. The van der Waals surface area contributed by atoms with Crippen molar-refractivity contribution in [3.63, 3.8) is 0 Å². The number of fused-ring (bicyclic) bond motifs is 1. The lowest BCUT2D eigenvalue weighted by atomic mass is 9.52. The molecule has 0 aromatic heterocycles. The molecule has 1 spiro atoms. The number of ether oxygens (including phenoxy) is 1. The number of hydrogen-bond acceptors (Lipinski definition) is 5. The van der Waals surface area contributed by atoms with E-state index in [2.05, 4.69) is 13.8 Å². The highest BCUT2D eigenvalue weighted by molar-refractivity contribution is 6.01. The Labute approximate surface area is 153 Å². The number of hydrogen-bond donors (Lipinski definition) is 2. The molecule has 2 saturated carbocycles. The van der Waals surface area contributed by atoms with Crippen LogP contribution in [0.15, 0.2) is 18.2 Å². The summed E-state index contributed by atoms with van der Waals surface area (Å²) < 4.78 is 6.00. The summed E-state index contributed by atoms with van der Waals surface area (Å²) >= 11 is 0. The van der Waals surface area contributed by atoms with Gasteiger partial charge >= 0.3 is 5.97 Å². The van der Waals surface area contributed by atoms with Crippen LogP contribution in [0.25, 0.3) is 0 Å². The molecule has 5 nitrogen and oxygen atoms in total. The summed E-state index contributed by atoms with van der Waals surface area (Å²) in [7, 11) is 0. The van der Waals surface area contributed by atoms with Crippen LogP contribution in [0, 0.1) is 16.7 Å². The lowest BCUT2D eigenvalue weighted by Crippen LogP contribution is -2.51. The fraction of sp³-hybridized carbons (Fsp3) is 0.619. The molecule has 2 aliphatic carbocycles. The molecule has 1 aromatic carbocycles. The summed E-state index contributed by atoms with van der Waals surface area (Å²) in [6.45, 7) is 4.52. The van der Waals surface area contributed by atoms with Crippen LogP contribution in [0.2, 0.25) is 0 Å². The van der Waals surface area contributed by atoms with E-state index in [0.717, 1.165) is 25.7 Å². The molecule has 3 aliphatic rings. The van der Waals surface area contributed by atoms with Crippen LogP contribution in [0.5, 0.6) is 11.5 Å². The normalized spacial score (nSPS) is 34.8. The molecule has 2 N–H and O–H groups in total. The largest absolute Gasteiger partial charge is 0.508 e. The standard InChI is InChI=1S/C21H26O5/c1-19(2)7-3-8-21-12-20(18(25)26-21,9-6-17(19)21)11-16(24)14-10-13(22)4-5-15(14)23/h4-5,10,17,22-23H,3,6-9,11-12H2,1-2H3/t17-,20+,21-/m0/s1. The van der Waals surface area contributed by atoms with Gasteiger partial charge in [-0.1, -0.05) is 13.8 Å². The summed E-state index contributed by atoms with van der Waals surface area (Å²) in [5.41, 5.74) is -1.01. The van der Waals surface area contributed by atoms with Gasteiger partial charge in [0.25, 0.3) is 0 Å². The van der Waals surface area contributed by atoms with Crippen molar-refractivity contribution in [2.24, 2.45) is 16.7 Å². The van der Waals surface area contributed by atoms with Crippen LogP contribution in [0.3, 0.4) is 0 Å². The first-order valence-corrected chi connectivity index (χ1v) is 9.46. The average Bonchev–Trinajstić information content (AvgIpc) is 2.74. The van der Waals surface area contributed by atoms with Gasteiger partial charge < -0.3 is 14.9 Å². The van der Waals surface area contributed by atoms with E-state index in [9.17, 15) is 19.8 Å². The first-order chi connectivity index (χ1) is 12.2. The number of aromatic hydroxyl groups is 2. The van der Waals surface area contributed by atoms with E-state index in [0.29, 0.717) is 18.8 Å². The van der Waals surface area contributed by atoms with Crippen LogP contribution in [-0.4, -0.2) is 27.6 Å². The fourth-order valence-corrected chi connectivity index (χ4v) is 5.85. The number of esters is 1. The number of benzene rings is 1. The molecule has 1 saturated heterocycles. The van der Waals surface area contributed by atoms with Gasteiger partial charge in [0.15, 0.2) is 5.78 Å². The minimum atomic E-state index is -0.793. The third-order valence-electron chi connectivity index (χ3n) is 7.06. The first-order valence-electron chi connectivity index (χ1n) is 9.46. The van der Waals surface area contributed by atoms with E-state index in [-0.39, 0.29) is 40.7 Å². The molecule has 4 rings (SSSR count). The molecule has 3 fully saturated rings. The van der Waals surface area contributed by atoms with Crippen LogP contribution in [0.4, 0.5) is 0 Å². The Hall–Kier alpha value is -2.04. The van der Waals surface area contributed by atoms with Crippen LogP contribution in [0.1, 0.15) is 69.2 Å². The van der Waals surface area contributed by atoms with Crippen LogP contribution < -0.4 is 0 Å². The lowest BCUT2D eigenvalue weighted by molar-refractivity contribution is -0.163. The predicted octanol–water partition coefficient (Wildman–Crippen LogP) is 3.96. The maximum absolute atomic E-state index is 12.9. The molecule has 1 aliphatic heterocycles. The van der Waals surface area contributed by atoms with E-state index < -0.39 is 11.0 Å². The minimum absolute atomic E-state index is 0.0255. The number of rotatable bonds is 3. The second-order valence-corrected chi connectivity index (χ2v) is 9.15. The Morgan fingerprint density at radius 1 is 1.23 bits per heavy atom. The number of carbonyl (C=O) groups excluding carboxylic acids is 2. The minimum Gasteiger partial charge on any atom is -0.508 e. The van der Waals surface area contributed by atoms with E-state index in [1.165, 1.54) is 18.2 Å². The molecular formula is C21H26O5. The Morgan fingerprint density at radius 2 is 2.00 bits per heavy atom. The lowest BCUT2D eigenvalue weighted by Gasteiger charge is -2.52. The Bertz CT molecular complexity index is 783. The van der Waals surface area contributed by atoms with Gasteiger partial charge in [-0.05, 0) is 55.7 Å². The first kappa shape index (κ1) is 17.4. The summed E-state index contributed by atoms with van der Waals surface area (Å²) in [5.74, 6) is -0.483. The molecule has 0 amide bonds. The maximum Gasteiger partial charge on any atom is 0.313 e. The molecule has 26 heavy (non-hydrogen) atoms. The summed E-state index contributed by atoms with van der Waals surface area (Å²) in [6, 6.07) is 3.90. The van der Waals surface area contributed by atoms with Crippen molar-refractivity contribution < 1.29 is 24.5 Å². The average molecular weight is 358 g/mol. The summed E-state index contributed by atoms with van der Waals surface area (Å²) in [6.07, 6.45) is 5.20. The number of Topliss-reactive ketones (excluding diaryl/α,β-unsaturated/α-hetero) is 1. The quantitative estimate of drug-likeness (QED) is 0.485. The zero-order valence-electron chi connectivity index (χ0n) is 15.4. The van der Waals surface area contributed by atoms with Crippen molar-refractivity contribution in [3.05, 3.63) is 23.8 Å². The molecular weight excluding hydrogens is 332 g/mol. The second kappa shape index (κ2) is 5.48. The van der Waals surface area contributed by atoms with Gasteiger partial charge in [0.05, 0.1) is 11.0 Å². The third kappa shape index (κ3) is 2.43. The molecule has 0 radical (unpaired) electrons. The predicted molar refractivity (Wildman–Crippen MR) is 94.9 cm³/mol. The van der Waals surface area contributed by atoms with Crippen molar-refractivity contribution in [1.82, 2.24) is 0 Å². The summed E-state index contributed by atoms with van der Waals surface area (Å²) in [4.78, 5) is 25.7. The number of phenolic OH excluding ortho intramolecular Hbond substituents is 2. The third-order valence-corrected chi connectivity index (χ3v) is 7.06. The van der Waals surface area contributed by atoms with Gasteiger partial charge in [-0.2, -0.15) is 0 Å². The van der Waals surface area contributed by atoms with Gasteiger partial charge in [0, 0.05) is 18.8 Å². The van der Waals surface area contributed by atoms with Gasteiger partial charge in [-0.3, -0.25) is 9.59 Å². The second-order valence-electron chi connectivity index (χ2n) is 9.15. The summed E-state index contributed by atoms with van der Waals surface area (Å²) in [5, 5.41) is 19.6. The molecule has 1 aromatic rings.